The number of halogens is 3. The average Bonchev–Trinajstić information content (AvgIpc) is 3.49. The quantitative estimate of drug-likeness (QED) is 0.246. The maximum atomic E-state index is 13.6. The van der Waals surface area contributed by atoms with Gasteiger partial charge in [-0.25, -0.2) is 14.5 Å². The summed E-state index contributed by atoms with van der Waals surface area (Å²) in [4.78, 5) is 21.5. The standard InChI is InChI=1S/C28H20F3N5O/c1-18-5-6-22(13-21(18)7-8-24-15-32-27-4-3-9-34-36(24)27)26(37)12-20-10-23(28(29,30)31)14-25(11-20)35-16-19(2)33-17-35/h3-6,9-11,13-17H,12H2,1-2H3. The van der Waals surface area contributed by atoms with Gasteiger partial charge in [-0.05, 0) is 67.3 Å². The molecule has 0 saturated carbocycles. The van der Waals surface area contributed by atoms with Crippen molar-refractivity contribution in [2.45, 2.75) is 26.4 Å². The Hall–Kier alpha value is -4.71. The molecule has 0 amide bonds. The van der Waals surface area contributed by atoms with Crippen LogP contribution in [0.4, 0.5) is 13.2 Å². The lowest BCUT2D eigenvalue weighted by Gasteiger charge is -2.13. The van der Waals surface area contributed by atoms with Crippen molar-refractivity contribution in [1.29, 1.82) is 0 Å². The molecular weight excluding hydrogens is 479 g/mol. The minimum absolute atomic E-state index is 0.197. The highest BCUT2D eigenvalue weighted by Gasteiger charge is 2.31. The summed E-state index contributed by atoms with van der Waals surface area (Å²) in [6.45, 7) is 3.62. The predicted octanol–water partition coefficient (Wildman–Crippen LogP) is 5.38. The number of benzene rings is 2. The van der Waals surface area contributed by atoms with E-state index in [0.717, 1.165) is 17.7 Å². The summed E-state index contributed by atoms with van der Waals surface area (Å²) in [6, 6.07) is 12.3. The molecule has 5 rings (SSSR count). The number of aromatic nitrogens is 5. The molecule has 37 heavy (non-hydrogen) atoms. The van der Waals surface area contributed by atoms with Gasteiger partial charge in [-0.15, -0.1) is 0 Å². The van der Waals surface area contributed by atoms with Gasteiger partial charge in [0.2, 0.25) is 0 Å². The number of carbonyl (C=O) groups is 1. The molecule has 0 radical (unpaired) electrons. The summed E-state index contributed by atoms with van der Waals surface area (Å²) < 4.78 is 43.9. The molecule has 0 aliphatic rings. The third kappa shape index (κ3) is 5.14. The topological polar surface area (TPSA) is 65.1 Å². The maximum Gasteiger partial charge on any atom is 0.416 e. The molecule has 5 aromatic rings. The molecule has 3 heterocycles. The first kappa shape index (κ1) is 24.0. The minimum Gasteiger partial charge on any atom is -0.306 e. The van der Waals surface area contributed by atoms with E-state index in [1.165, 1.54) is 10.9 Å². The van der Waals surface area contributed by atoms with E-state index in [2.05, 4.69) is 26.9 Å². The number of carbonyl (C=O) groups excluding carboxylic acids is 1. The zero-order valence-electron chi connectivity index (χ0n) is 19.9. The predicted molar refractivity (Wildman–Crippen MR) is 131 cm³/mol. The molecular formula is C28H20F3N5O. The summed E-state index contributed by atoms with van der Waals surface area (Å²) in [5.41, 5.74) is 3.51. The van der Waals surface area contributed by atoms with Crippen LogP contribution in [0.15, 0.2) is 73.4 Å². The van der Waals surface area contributed by atoms with Gasteiger partial charge in [0.05, 0.1) is 23.8 Å². The third-order valence-electron chi connectivity index (χ3n) is 5.84. The van der Waals surface area contributed by atoms with Gasteiger partial charge in [0.25, 0.3) is 0 Å². The van der Waals surface area contributed by atoms with Gasteiger partial charge < -0.3 is 4.57 Å². The van der Waals surface area contributed by atoms with Crippen LogP contribution in [-0.2, 0) is 12.6 Å². The fourth-order valence-corrected chi connectivity index (χ4v) is 3.91. The third-order valence-corrected chi connectivity index (χ3v) is 5.84. The van der Waals surface area contributed by atoms with Crippen molar-refractivity contribution in [2.24, 2.45) is 0 Å². The van der Waals surface area contributed by atoms with Crippen molar-refractivity contribution in [3.63, 3.8) is 0 Å². The molecule has 9 heteroatoms. The number of hydrogen-bond acceptors (Lipinski definition) is 4. The molecule has 0 N–H and O–H groups in total. The van der Waals surface area contributed by atoms with E-state index in [1.54, 1.807) is 60.4 Å². The Balaban J connectivity index is 1.45. The Morgan fingerprint density at radius 2 is 1.86 bits per heavy atom. The van der Waals surface area contributed by atoms with Crippen LogP contribution in [0.5, 0.6) is 0 Å². The zero-order valence-corrected chi connectivity index (χ0v) is 19.9. The van der Waals surface area contributed by atoms with Crippen molar-refractivity contribution in [1.82, 2.24) is 24.1 Å². The van der Waals surface area contributed by atoms with Crippen molar-refractivity contribution in [3.8, 4) is 17.5 Å². The second-order valence-electron chi connectivity index (χ2n) is 8.62. The van der Waals surface area contributed by atoms with Crippen LogP contribution in [0.2, 0.25) is 0 Å². The number of nitrogens with zero attached hydrogens (tertiary/aromatic N) is 5. The maximum absolute atomic E-state index is 13.6. The lowest BCUT2D eigenvalue weighted by molar-refractivity contribution is -0.137. The van der Waals surface area contributed by atoms with Crippen LogP contribution in [0, 0.1) is 25.7 Å². The van der Waals surface area contributed by atoms with Gasteiger partial charge in [-0.2, -0.15) is 18.3 Å². The first-order valence-electron chi connectivity index (χ1n) is 11.3. The summed E-state index contributed by atoms with van der Waals surface area (Å²) in [6.07, 6.45) is 1.58. The van der Waals surface area contributed by atoms with Gasteiger partial charge in [0, 0.05) is 35.6 Å². The molecule has 0 atom stereocenters. The smallest absolute Gasteiger partial charge is 0.306 e. The molecule has 0 fully saturated rings. The second kappa shape index (κ2) is 9.39. The van der Waals surface area contributed by atoms with Crippen LogP contribution >= 0.6 is 0 Å². The lowest BCUT2D eigenvalue weighted by Crippen LogP contribution is -2.10. The van der Waals surface area contributed by atoms with Gasteiger partial charge in [0.15, 0.2) is 11.4 Å². The largest absolute Gasteiger partial charge is 0.416 e. The van der Waals surface area contributed by atoms with E-state index in [1.807, 2.05) is 13.0 Å². The number of aryl methyl sites for hydroxylation is 2. The number of fused-ring (bicyclic) bond motifs is 1. The van der Waals surface area contributed by atoms with Gasteiger partial charge in [-0.1, -0.05) is 18.1 Å². The minimum atomic E-state index is -4.55. The van der Waals surface area contributed by atoms with E-state index in [0.29, 0.717) is 28.2 Å². The molecule has 184 valence electrons. The van der Waals surface area contributed by atoms with Gasteiger partial charge in [0.1, 0.15) is 5.69 Å². The Morgan fingerprint density at radius 3 is 2.62 bits per heavy atom. The number of ketones is 1. The monoisotopic (exact) mass is 499 g/mol. The SMILES string of the molecule is Cc1cn(-c2cc(CC(=O)c3ccc(C)c(C#Cc4cnc5cccnn45)c3)cc(C(F)(F)F)c2)cn1. The zero-order chi connectivity index (χ0) is 26.2. The van der Waals surface area contributed by atoms with Crippen molar-refractivity contribution >= 4 is 11.4 Å². The molecule has 0 spiro atoms. The lowest BCUT2D eigenvalue weighted by atomic mass is 9.97. The first-order chi connectivity index (χ1) is 17.7. The van der Waals surface area contributed by atoms with E-state index in [-0.39, 0.29) is 23.5 Å². The molecule has 3 aromatic heterocycles. The van der Waals surface area contributed by atoms with Gasteiger partial charge >= 0.3 is 6.18 Å². The van der Waals surface area contributed by atoms with E-state index < -0.39 is 11.7 Å². The highest BCUT2D eigenvalue weighted by atomic mass is 19.4. The van der Waals surface area contributed by atoms with Crippen molar-refractivity contribution in [3.05, 3.63) is 113 Å². The first-order valence-corrected chi connectivity index (χ1v) is 11.3. The Kier molecular flexibility index (Phi) is 6.09. The summed E-state index contributed by atoms with van der Waals surface area (Å²) >= 11 is 0. The molecule has 0 unspecified atom stereocenters. The highest BCUT2D eigenvalue weighted by molar-refractivity contribution is 5.98. The van der Waals surface area contributed by atoms with Crippen LogP contribution in [-0.4, -0.2) is 29.9 Å². The fourth-order valence-electron chi connectivity index (χ4n) is 3.91. The van der Waals surface area contributed by atoms with Crippen LogP contribution in [0.1, 0.15) is 44.0 Å². The number of hydrogen-bond donors (Lipinski definition) is 0. The van der Waals surface area contributed by atoms with Crippen LogP contribution in [0.3, 0.4) is 0 Å². The molecule has 0 saturated heterocycles. The second-order valence-corrected chi connectivity index (χ2v) is 8.62. The normalized spacial score (nSPS) is 11.4. The van der Waals surface area contributed by atoms with Crippen LogP contribution in [0.25, 0.3) is 11.3 Å². The summed E-state index contributed by atoms with van der Waals surface area (Å²) in [5.74, 6) is 5.79. The molecule has 0 bridgehead atoms. The van der Waals surface area contributed by atoms with Gasteiger partial charge in [-0.3, -0.25) is 4.79 Å². The Morgan fingerprint density at radius 1 is 1.03 bits per heavy atom. The number of imidazole rings is 2. The molecule has 2 aromatic carbocycles. The number of alkyl halides is 3. The molecule has 6 nitrogen and oxygen atoms in total. The Bertz CT molecular complexity index is 1700. The highest BCUT2D eigenvalue weighted by Crippen LogP contribution is 2.32. The van der Waals surface area contributed by atoms with Crippen molar-refractivity contribution in [2.75, 3.05) is 0 Å². The van der Waals surface area contributed by atoms with E-state index >= 15 is 0 Å². The van der Waals surface area contributed by atoms with E-state index in [4.69, 9.17) is 0 Å². The summed E-state index contributed by atoms with van der Waals surface area (Å²) in [7, 11) is 0. The number of Topliss-reactive ketones (excluding diaryl/α,β-unsaturated/α-hetero) is 1. The summed E-state index contributed by atoms with van der Waals surface area (Å²) in [5, 5.41) is 4.23. The molecule has 0 aliphatic heterocycles. The Labute approximate surface area is 210 Å². The van der Waals surface area contributed by atoms with E-state index in [9.17, 15) is 18.0 Å². The molecule has 0 aliphatic carbocycles. The van der Waals surface area contributed by atoms with Crippen LogP contribution < -0.4 is 0 Å². The number of rotatable bonds is 4. The fraction of sp³-hybridized carbons (Fsp3) is 0.143. The van der Waals surface area contributed by atoms with Crippen molar-refractivity contribution < 1.29 is 18.0 Å². The average molecular weight is 499 g/mol.